The Bertz CT molecular complexity index is 551. The molecule has 2 rings (SSSR count). The van der Waals surface area contributed by atoms with Crippen LogP contribution < -0.4 is 10.6 Å². The number of hydrogen-bond acceptors (Lipinski definition) is 3. The molecule has 24 heavy (non-hydrogen) atoms. The van der Waals surface area contributed by atoms with Crippen molar-refractivity contribution in [2.45, 2.75) is 33.4 Å². The zero-order valence-electron chi connectivity index (χ0n) is 14.4. The predicted octanol–water partition coefficient (Wildman–Crippen LogP) is 1.98. The summed E-state index contributed by atoms with van der Waals surface area (Å²) in [7, 11) is 0. The molecule has 0 aliphatic heterocycles. The van der Waals surface area contributed by atoms with Crippen LogP contribution in [0.15, 0.2) is 41.9 Å². The van der Waals surface area contributed by atoms with Gasteiger partial charge in [-0.1, -0.05) is 6.92 Å². The van der Waals surface area contributed by atoms with Crippen molar-refractivity contribution < 1.29 is 0 Å². The summed E-state index contributed by atoms with van der Waals surface area (Å²) >= 11 is 0. The highest BCUT2D eigenvalue weighted by Gasteiger charge is 2.04. The molecule has 0 saturated carbocycles. The highest BCUT2D eigenvalue weighted by Crippen LogP contribution is 2.00. The summed E-state index contributed by atoms with van der Waals surface area (Å²) in [5.74, 6) is 1.31. The van der Waals surface area contributed by atoms with Crippen LogP contribution in [-0.4, -0.2) is 45.2 Å². The lowest BCUT2D eigenvalue weighted by atomic mass is 10.2. The van der Waals surface area contributed by atoms with Gasteiger partial charge in [-0.15, -0.1) is 24.0 Å². The Kier molecular flexibility index (Phi) is 10.1. The minimum atomic E-state index is 0. The molecule has 1 atom stereocenters. The van der Waals surface area contributed by atoms with Crippen LogP contribution in [0.4, 0.5) is 0 Å². The van der Waals surface area contributed by atoms with Crippen molar-refractivity contribution in [2.75, 3.05) is 19.6 Å². The number of aliphatic imine (C=N–C) groups is 1. The smallest absolute Gasteiger partial charge is 0.191 e. The third-order valence-electron chi connectivity index (χ3n) is 3.38. The summed E-state index contributed by atoms with van der Waals surface area (Å²) in [6.45, 7) is 8.57. The molecule has 2 heterocycles. The molecule has 2 N–H and O–H groups in total. The van der Waals surface area contributed by atoms with Gasteiger partial charge in [0.1, 0.15) is 0 Å². The van der Waals surface area contributed by atoms with Gasteiger partial charge < -0.3 is 10.6 Å². The van der Waals surface area contributed by atoms with Gasteiger partial charge in [0.25, 0.3) is 0 Å². The molecule has 0 radical (unpaired) electrons. The first-order valence-corrected chi connectivity index (χ1v) is 8.25. The number of halogens is 1. The standard InChI is InChI=1S/C16H27N7.HI/c1-3-17-16(18-7-4-10-22-11-5-8-20-22)19-13-15(2)14-23-12-6-9-21-23;/h5-6,8-9,11-12,15H,3-4,7,10,13-14H2,1-2H3,(H2,17,18,19);1H. The van der Waals surface area contributed by atoms with Gasteiger partial charge in [-0.2, -0.15) is 10.2 Å². The molecule has 1 unspecified atom stereocenters. The molecule has 0 saturated heterocycles. The maximum atomic E-state index is 4.66. The zero-order valence-corrected chi connectivity index (χ0v) is 16.8. The number of aromatic nitrogens is 4. The fourth-order valence-electron chi connectivity index (χ4n) is 2.25. The van der Waals surface area contributed by atoms with Crippen LogP contribution in [0.2, 0.25) is 0 Å². The van der Waals surface area contributed by atoms with Crippen molar-refractivity contribution in [3.63, 3.8) is 0 Å². The third-order valence-corrected chi connectivity index (χ3v) is 3.38. The van der Waals surface area contributed by atoms with Crippen molar-refractivity contribution in [3.8, 4) is 0 Å². The van der Waals surface area contributed by atoms with Gasteiger partial charge in [0.05, 0.1) is 0 Å². The average Bonchev–Trinajstić information content (AvgIpc) is 3.22. The van der Waals surface area contributed by atoms with E-state index >= 15 is 0 Å². The molecule has 2 aromatic rings. The summed E-state index contributed by atoms with van der Waals surface area (Å²) in [4.78, 5) is 4.66. The maximum absolute atomic E-state index is 4.66. The van der Waals surface area contributed by atoms with E-state index in [1.807, 2.05) is 33.9 Å². The highest BCUT2D eigenvalue weighted by atomic mass is 127. The lowest BCUT2D eigenvalue weighted by Crippen LogP contribution is -2.38. The summed E-state index contributed by atoms with van der Waals surface area (Å²) in [5, 5.41) is 15.1. The van der Waals surface area contributed by atoms with Crippen molar-refractivity contribution in [1.29, 1.82) is 0 Å². The van der Waals surface area contributed by atoms with E-state index < -0.39 is 0 Å². The maximum Gasteiger partial charge on any atom is 0.191 e. The molecule has 0 aliphatic rings. The molecule has 0 bridgehead atoms. The quantitative estimate of drug-likeness (QED) is 0.268. The van der Waals surface area contributed by atoms with Crippen molar-refractivity contribution >= 4 is 29.9 Å². The minimum absolute atomic E-state index is 0. The number of nitrogens with zero attached hydrogens (tertiary/aromatic N) is 5. The van der Waals surface area contributed by atoms with Gasteiger partial charge in [0.2, 0.25) is 0 Å². The first-order chi connectivity index (χ1) is 11.3. The predicted molar refractivity (Wildman–Crippen MR) is 108 cm³/mol. The number of nitrogens with one attached hydrogen (secondary N) is 2. The van der Waals surface area contributed by atoms with Crippen LogP contribution in [0.5, 0.6) is 0 Å². The number of aryl methyl sites for hydroxylation is 1. The van der Waals surface area contributed by atoms with Crippen LogP contribution in [0.1, 0.15) is 20.3 Å². The second kappa shape index (κ2) is 11.9. The monoisotopic (exact) mass is 445 g/mol. The molecule has 0 spiro atoms. The molecule has 8 heteroatoms. The summed E-state index contributed by atoms with van der Waals surface area (Å²) in [6.07, 6.45) is 8.59. The van der Waals surface area contributed by atoms with E-state index in [2.05, 4.69) is 39.7 Å². The van der Waals surface area contributed by atoms with Gasteiger partial charge in [0.15, 0.2) is 5.96 Å². The molecule has 0 fully saturated rings. The lowest BCUT2D eigenvalue weighted by molar-refractivity contribution is 0.458. The Morgan fingerprint density at radius 3 is 2.46 bits per heavy atom. The van der Waals surface area contributed by atoms with Crippen molar-refractivity contribution in [1.82, 2.24) is 30.2 Å². The number of guanidine groups is 1. The Hall–Kier alpha value is -1.58. The van der Waals surface area contributed by atoms with Crippen LogP contribution in [0.25, 0.3) is 0 Å². The Balaban J connectivity index is 0.00000288. The SMILES string of the molecule is CCNC(=NCC(C)Cn1cccn1)NCCCn1cccn1.I. The van der Waals surface area contributed by atoms with Crippen LogP contribution in [-0.2, 0) is 13.1 Å². The average molecular weight is 445 g/mol. The van der Waals surface area contributed by atoms with E-state index in [-0.39, 0.29) is 24.0 Å². The molecule has 0 aromatic carbocycles. The van der Waals surface area contributed by atoms with Crippen LogP contribution in [0, 0.1) is 5.92 Å². The van der Waals surface area contributed by atoms with E-state index in [0.29, 0.717) is 5.92 Å². The van der Waals surface area contributed by atoms with Gasteiger partial charge in [0, 0.05) is 57.5 Å². The topological polar surface area (TPSA) is 72.1 Å². The molecule has 0 amide bonds. The van der Waals surface area contributed by atoms with E-state index in [9.17, 15) is 0 Å². The van der Waals surface area contributed by atoms with Gasteiger partial charge >= 0.3 is 0 Å². The molecular formula is C16H28IN7. The van der Waals surface area contributed by atoms with Crippen LogP contribution in [0.3, 0.4) is 0 Å². The van der Waals surface area contributed by atoms with Crippen molar-refractivity contribution in [3.05, 3.63) is 36.9 Å². The third kappa shape index (κ3) is 7.80. The van der Waals surface area contributed by atoms with E-state index in [1.165, 1.54) is 0 Å². The van der Waals surface area contributed by atoms with Gasteiger partial charge in [-0.3, -0.25) is 14.4 Å². The molecule has 0 aliphatic carbocycles. The first-order valence-electron chi connectivity index (χ1n) is 8.25. The van der Waals surface area contributed by atoms with E-state index in [1.54, 1.807) is 12.4 Å². The largest absolute Gasteiger partial charge is 0.357 e. The first kappa shape index (κ1) is 20.5. The van der Waals surface area contributed by atoms with Crippen LogP contribution >= 0.6 is 24.0 Å². The normalized spacial score (nSPS) is 12.5. The lowest BCUT2D eigenvalue weighted by Gasteiger charge is -2.13. The molecule has 134 valence electrons. The van der Waals surface area contributed by atoms with Gasteiger partial charge in [-0.25, -0.2) is 0 Å². The molecular weight excluding hydrogens is 417 g/mol. The van der Waals surface area contributed by atoms with Crippen molar-refractivity contribution in [2.24, 2.45) is 10.9 Å². The van der Waals surface area contributed by atoms with E-state index in [0.717, 1.165) is 45.1 Å². The minimum Gasteiger partial charge on any atom is -0.357 e. The highest BCUT2D eigenvalue weighted by molar-refractivity contribution is 14.0. The molecule has 2 aromatic heterocycles. The second-order valence-corrected chi connectivity index (χ2v) is 5.60. The summed E-state index contributed by atoms with van der Waals surface area (Å²) in [5.41, 5.74) is 0. The number of hydrogen-bond donors (Lipinski definition) is 2. The zero-order chi connectivity index (χ0) is 16.3. The van der Waals surface area contributed by atoms with E-state index in [4.69, 9.17) is 0 Å². The molecule has 7 nitrogen and oxygen atoms in total. The summed E-state index contributed by atoms with van der Waals surface area (Å²) < 4.78 is 3.89. The Morgan fingerprint density at radius 1 is 1.12 bits per heavy atom. The fourth-order valence-corrected chi connectivity index (χ4v) is 2.25. The summed E-state index contributed by atoms with van der Waals surface area (Å²) in [6, 6.07) is 3.89. The number of rotatable bonds is 9. The second-order valence-electron chi connectivity index (χ2n) is 5.60. The van der Waals surface area contributed by atoms with Gasteiger partial charge in [-0.05, 0) is 31.4 Å². The fraction of sp³-hybridized carbons (Fsp3) is 0.562. The Morgan fingerprint density at radius 2 is 1.83 bits per heavy atom. The Labute approximate surface area is 160 Å².